The number of benzene rings is 1. The predicted octanol–water partition coefficient (Wildman–Crippen LogP) is 1.31. The molecule has 0 bridgehead atoms. The normalized spacial score (nSPS) is 17.3. The molecule has 0 unspecified atom stereocenters. The molecule has 2 saturated heterocycles. The minimum atomic E-state index is -0.658. The zero-order valence-electron chi connectivity index (χ0n) is 19.4. The largest absolute Gasteiger partial charge is 0.493 e. The lowest BCUT2D eigenvalue weighted by molar-refractivity contribution is 0.0742. The zero-order chi connectivity index (χ0) is 23.7. The third kappa shape index (κ3) is 4.28. The summed E-state index contributed by atoms with van der Waals surface area (Å²) in [5, 5.41) is 9.51. The highest BCUT2D eigenvalue weighted by Crippen LogP contribution is 2.25. The van der Waals surface area contributed by atoms with Crippen molar-refractivity contribution in [1.82, 2.24) is 20.0 Å². The molecule has 2 aromatic heterocycles. The molecular formula is C24H28N6O4. The first-order valence-electron chi connectivity index (χ1n) is 11.5. The minimum Gasteiger partial charge on any atom is -0.493 e. The first-order valence-corrected chi connectivity index (χ1v) is 11.5. The van der Waals surface area contributed by atoms with E-state index in [1.165, 1.54) is 7.11 Å². The number of aromatic nitrogens is 2. The molecule has 3 aromatic rings. The topological polar surface area (TPSA) is 95.3 Å². The Labute approximate surface area is 197 Å². The highest BCUT2D eigenvalue weighted by atomic mass is 16.5. The fourth-order valence-electron chi connectivity index (χ4n) is 4.43. The van der Waals surface area contributed by atoms with E-state index in [0.29, 0.717) is 42.9 Å². The van der Waals surface area contributed by atoms with Gasteiger partial charge in [0, 0.05) is 57.7 Å². The van der Waals surface area contributed by atoms with E-state index in [1.54, 1.807) is 29.2 Å². The minimum absolute atomic E-state index is 0.0329. The van der Waals surface area contributed by atoms with Gasteiger partial charge in [0.2, 0.25) is 0 Å². The van der Waals surface area contributed by atoms with Crippen LogP contribution in [0.2, 0.25) is 0 Å². The molecular weight excluding hydrogens is 436 g/mol. The van der Waals surface area contributed by atoms with E-state index in [2.05, 4.69) is 31.9 Å². The molecule has 0 aliphatic carbocycles. The Bertz CT molecular complexity index is 1230. The quantitative estimate of drug-likeness (QED) is 0.530. The summed E-state index contributed by atoms with van der Waals surface area (Å²) in [5.41, 5.74) is -0.282. The molecule has 1 amide bonds. The summed E-state index contributed by atoms with van der Waals surface area (Å²) in [6.07, 6.45) is 0. The number of carbonyl (C=O) groups is 1. The van der Waals surface area contributed by atoms with Gasteiger partial charge >= 0.3 is 5.63 Å². The second kappa shape index (κ2) is 9.30. The summed E-state index contributed by atoms with van der Waals surface area (Å²) in [4.78, 5) is 34.0. The van der Waals surface area contributed by atoms with Gasteiger partial charge in [-0.15, -0.1) is 10.2 Å². The van der Waals surface area contributed by atoms with E-state index in [4.69, 9.17) is 9.15 Å². The Kier molecular flexibility index (Phi) is 6.06. The van der Waals surface area contributed by atoms with Crippen LogP contribution in [0.4, 0.5) is 11.6 Å². The number of rotatable bonds is 4. The van der Waals surface area contributed by atoms with Gasteiger partial charge in [-0.25, -0.2) is 4.79 Å². The molecule has 0 saturated carbocycles. The van der Waals surface area contributed by atoms with Gasteiger partial charge in [-0.3, -0.25) is 4.79 Å². The molecule has 2 fully saturated rings. The summed E-state index contributed by atoms with van der Waals surface area (Å²) in [6.45, 7) is 6.11. The van der Waals surface area contributed by atoms with Gasteiger partial charge in [0.15, 0.2) is 23.0 Å². The third-order valence-electron chi connectivity index (χ3n) is 6.53. The Balaban J connectivity index is 1.24. The molecule has 0 radical (unpaired) electrons. The number of para-hydroxylation sites is 1. The van der Waals surface area contributed by atoms with Crippen molar-refractivity contribution in [2.24, 2.45) is 0 Å². The van der Waals surface area contributed by atoms with Crippen LogP contribution in [0.3, 0.4) is 0 Å². The van der Waals surface area contributed by atoms with Crippen LogP contribution in [0.25, 0.3) is 11.0 Å². The number of likely N-dealkylation sites (N-methyl/N-ethyl adjacent to an activating group) is 1. The Morgan fingerprint density at radius 3 is 2.12 bits per heavy atom. The van der Waals surface area contributed by atoms with Crippen LogP contribution in [0, 0.1) is 0 Å². The number of amides is 1. The molecule has 1 aromatic carbocycles. The molecule has 34 heavy (non-hydrogen) atoms. The molecule has 4 heterocycles. The van der Waals surface area contributed by atoms with Gasteiger partial charge in [-0.05, 0) is 31.3 Å². The SMILES string of the molecule is COc1cccc2cc(C(=O)N3CCN(c4ccc(N5CCN(C)CC5)nn4)CC3)c(=O)oc12. The van der Waals surface area contributed by atoms with Gasteiger partial charge in [0.05, 0.1) is 7.11 Å². The predicted molar refractivity (Wildman–Crippen MR) is 129 cm³/mol. The number of carbonyl (C=O) groups excluding carboxylic acids is 1. The van der Waals surface area contributed by atoms with Crippen LogP contribution in [-0.2, 0) is 0 Å². The van der Waals surface area contributed by atoms with Crippen LogP contribution < -0.4 is 20.2 Å². The Morgan fingerprint density at radius 1 is 0.912 bits per heavy atom. The van der Waals surface area contributed by atoms with Gasteiger partial charge in [0.1, 0.15) is 5.56 Å². The molecule has 0 atom stereocenters. The first kappa shape index (κ1) is 22.1. The monoisotopic (exact) mass is 464 g/mol. The van der Waals surface area contributed by atoms with Crippen LogP contribution in [0.1, 0.15) is 10.4 Å². The second-order valence-corrected chi connectivity index (χ2v) is 8.65. The fraction of sp³-hybridized carbons (Fsp3) is 0.417. The van der Waals surface area contributed by atoms with Crippen LogP contribution in [0.5, 0.6) is 5.75 Å². The molecule has 2 aliphatic rings. The van der Waals surface area contributed by atoms with Crippen LogP contribution >= 0.6 is 0 Å². The molecule has 0 spiro atoms. The maximum Gasteiger partial charge on any atom is 0.349 e. The molecule has 5 rings (SSSR count). The lowest BCUT2D eigenvalue weighted by Crippen LogP contribution is -2.49. The van der Waals surface area contributed by atoms with Crippen molar-refractivity contribution in [3.63, 3.8) is 0 Å². The Hall–Kier alpha value is -3.66. The van der Waals surface area contributed by atoms with Crippen LogP contribution in [-0.4, -0.2) is 92.4 Å². The van der Waals surface area contributed by atoms with E-state index in [9.17, 15) is 9.59 Å². The van der Waals surface area contributed by atoms with E-state index in [-0.39, 0.29) is 11.5 Å². The lowest BCUT2D eigenvalue weighted by atomic mass is 10.1. The van der Waals surface area contributed by atoms with Crippen molar-refractivity contribution in [2.75, 3.05) is 76.3 Å². The number of anilines is 2. The van der Waals surface area contributed by atoms with E-state index in [1.807, 2.05) is 12.1 Å². The summed E-state index contributed by atoms with van der Waals surface area (Å²) in [6, 6.07) is 10.9. The van der Waals surface area contributed by atoms with Gasteiger partial charge < -0.3 is 28.8 Å². The zero-order valence-corrected chi connectivity index (χ0v) is 19.4. The van der Waals surface area contributed by atoms with Crippen molar-refractivity contribution < 1.29 is 13.9 Å². The molecule has 2 aliphatic heterocycles. The molecule has 10 heteroatoms. The summed E-state index contributed by atoms with van der Waals surface area (Å²) >= 11 is 0. The second-order valence-electron chi connectivity index (χ2n) is 8.65. The highest BCUT2D eigenvalue weighted by Gasteiger charge is 2.26. The van der Waals surface area contributed by atoms with Gasteiger partial charge in [0.25, 0.3) is 5.91 Å². The average molecular weight is 465 g/mol. The fourth-order valence-corrected chi connectivity index (χ4v) is 4.43. The number of ether oxygens (including phenoxy) is 1. The van der Waals surface area contributed by atoms with E-state index < -0.39 is 5.63 Å². The van der Waals surface area contributed by atoms with Gasteiger partial charge in [-0.2, -0.15) is 0 Å². The number of fused-ring (bicyclic) bond motifs is 1. The molecule has 178 valence electrons. The van der Waals surface area contributed by atoms with Crippen molar-refractivity contribution in [3.05, 3.63) is 52.4 Å². The maximum absolute atomic E-state index is 13.1. The summed E-state index contributed by atoms with van der Waals surface area (Å²) < 4.78 is 10.7. The number of hydrogen-bond donors (Lipinski definition) is 0. The lowest BCUT2D eigenvalue weighted by Gasteiger charge is -2.35. The smallest absolute Gasteiger partial charge is 0.349 e. The first-order chi connectivity index (χ1) is 16.5. The van der Waals surface area contributed by atoms with Crippen molar-refractivity contribution in [3.8, 4) is 5.75 Å². The molecule has 10 nitrogen and oxygen atoms in total. The van der Waals surface area contributed by atoms with Gasteiger partial charge in [-0.1, -0.05) is 12.1 Å². The van der Waals surface area contributed by atoms with E-state index >= 15 is 0 Å². The number of hydrogen-bond acceptors (Lipinski definition) is 9. The number of piperazine rings is 2. The standard InChI is InChI=1S/C24H28N6O4/c1-27-8-10-28(11-9-27)20-6-7-21(26-25-20)29-12-14-30(15-13-29)23(31)18-16-17-4-3-5-19(33-2)22(17)34-24(18)32/h3-7,16H,8-15H2,1-2H3. The third-order valence-corrected chi connectivity index (χ3v) is 6.53. The molecule has 0 N–H and O–H groups in total. The summed E-state index contributed by atoms with van der Waals surface area (Å²) in [5.74, 6) is 1.82. The van der Waals surface area contributed by atoms with Crippen LogP contribution in [0.15, 0.2) is 45.6 Å². The van der Waals surface area contributed by atoms with Crippen molar-refractivity contribution >= 4 is 28.5 Å². The Morgan fingerprint density at radius 2 is 1.53 bits per heavy atom. The maximum atomic E-state index is 13.1. The highest BCUT2D eigenvalue weighted by molar-refractivity contribution is 5.97. The van der Waals surface area contributed by atoms with E-state index in [0.717, 1.165) is 37.8 Å². The number of methoxy groups -OCH3 is 1. The average Bonchev–Trinajstić information content (AvgIpc) is 2.88. The number of nitrogens with zero attached hydrogens (tertiary/aromatic N) is 6. The van der Waals surface area contributed by atoms with Crippen molar-refractivity contribution in [1.29, 1.82) is 0 Å². The van der Waals surface area contributed by atoms with Crippen molar-refractivity contribution in [2.45, 2.75) is 0 Å². The summed E-state index contributed by atoms with van der Waals surface area (Å²) in [7, 11) is 3.64.